The Morgan fingerprint density at radius 1 is 1.04 bits per heavy atom. The molecule has 1 heterocycles. The number of nitrogens with zero attached hydrogens (tertiary/aromatic N) is 1. The molecule has 0 aliphatic heterocycles. The molecule has 1 aromatic heterocycles. The maximum atomic E-state index is 6.13. The number of hydrogen-bond acceptors (Lipinski definition) is 3. The van der Waals surface area contributed by atoms with Gasteiger partial charge in [0.25, 0.3) is 0 Å². The highest BCUT2D eigenvalue weighted by Crippen LogP contribution is 2.32. The molecule has 24 heavy (non-hydrogen) atoms. The zero-order chi connectivity index (χ0) is 16.9. The molecule has 2 aromatic carbocycles. The summed E-state index contributed by atoms with van der Waals surface area (Å²) in [5.74, 6) is 0.831. The Hall–Kier alpha value is -2.36. The molecule has 0 saturated carbocycles. The van der Waals surface area contributed by atoms with Crippen LogP contribution in [0.5, 0.6) is 5.75 Å². The van der Waals surface area contributed by atoms with E-state index in [4.69, 9.17) is 22.1 Å². The molecular formula is C20H19ClN2O. The van der Waals surface area contributed by atoms with Crippen LogP contribution in [0.4, 0.5) is 0 Å². The fourth-order valence-corrected chi connectivity index (χ4v) is 2.85. The Bertz CT molecular complexity index is 831. The second kappa shape index (κ2) is 7.47. The first-order valence-electron chi connectivity index (χ1n) is 7.76. The summed E-state index contributed by atoms with van der Waals surface area (Å²) in [6, 6.07) is 18.0. The summed E-state index contributed by atoms with van der Waals surface area (Å²) in [6.45, 7) is 0.460. The number of ether oxygens (including phenoxy) is 1. The fourth-order valence-electron chi connectivity index (χ4n) is 2.66. The van der Waals surface area contributed by atoms with Crippen LogP contribution in [0.15, 0.2) is 60.8 Å². The van der Waals surface area contributed by atoms with E-state index in [9.17, 15) is 0 Å². The number of methoxy groups -OCH3 is 1. The van der Waals surface area contributed by atoms with Crippen LogP contribution in [0, 0.1) is 0 Å². The van der Waals surface area contributed by atoms with Crippen LogP contribution in [-0.4, -0.2) is 12.1 Å². The molecule has 3 rings (SSSR count). The first-order chi connectivity index (χ1) is 11.7. The van der Waals surface area contributed by atoms with Gasteiger partial charge in [0.1, 0.15) is 5.75 Å². The highest BCUT2D eigenvalue weighted by molar-refractivity contribution is 6.30. The Balaban J connectivity index is 1.93. The van der Waals surface area contributed by atoms with E-state index in [1.165, 1.54) is 5.56 Å². The minimum absolute atomic E-state index is 0.460. The monoisotopic (exact) mass is 338 g/mol. The van der Waals surface area contributed by atoms with Crippen molar-refractivity contribution in [2.24, 2.45) is 5.73 Å². The predicted octanol–water partition coefficient (Wildman–Crippen LogP) is 4.46. The van der Waals surface area contributed by atoms with Gasteiger partial charge in [-0.1, -0.05) is 35.9 Å². The van der Waals surface area contributed by atoms with Crippen molar-refractivity contribution in [3.8, 4) is 16.9 Å². The van der Waals surface area contributed by atoms with Gasteiger partial charge in [0.05, 0.1) is 12.8 Å². The number of halogens is 1. The average molecular weight is 339 g/mol. The van der Waals surface area contributed by atoms with Crippen LogP contribution in [0.25, 0.3) is 11.1 Å². The van der Waals surface area contributed by atoms with Crippen molar-refractivity contribution >= 4 is 11.6 Å². The van der Waals surface area contributed by atoms with E-state index in [-0.39, 0.29) is 0 Å². The van der Waals surface area contributed by atoms with E-state index in [0.717, 1.165) is 34.6 Å². The van der Waals surface area contributed by atoms with Crippen molar-refractivity contribution in [1.29, 1.82) is 0 Å². The van der Waals surface area contributed by atoms with E-state index >= 15 is 0 Å². The lowest BCUT2D eigenvalue weighted by atomic mass is 9.98. The van der Waals surface area contributed by atoms with Gasteiger partial charge in [-0.15, -0.1) is 0 Å². The second-order valence-corrected chi connectivity index (χ2v) is 6.02. The molecular weight excluding hydrogens is 320 g/mol. The Morgan fingerprint density at radius 3 is 2.54 bits per heavy atom. The highest BCUT2D eigenvalue weighted by Gasteiger charge is 2.08. The molecule has 3 nitrogen and oxygen atoms in total. The van der Waals surface area contributed by atoms with E-state index in [2.05, 4.69) is 23.2 Å². The summed E-state index contributed by atoms with van der Waals surface area (Å²) in [4.78, 5) is 4.35. The standard InChI is InChI=1S/C20H19ClN2O/c1-24-20-8-6-14(9-15-5-7-18(12-22)23-13-15)10-19(20)16-3-2-4-17(21)11-16/h2-8,10-11,13H,9,12,22H2,1H3. The smallest absolute Gasteiger partial charge is 0.126 e. The fraction of sp³-hybridized carbons (Fsp3) is 0.150. The third-order valence-electron chi connectivity index (χ3n) is 3.90. The van der Waals surface area contributed by atoms with Crippen LogP contribution >= 0.6 is 11.6 Å². The van der Waals surface area contributed by atoms with Gasteiger partial charge in [-0.05, 0) is 53.4 Å². The van der Waals surface area contributed by atoms with E-state index < -0.39 is 0 Å². The topological polar surface area (TPSA) is 48.1 Å². The predicted molar refractivity (Wildman–Crippen MR) is 98.4 cm³/mol. The molecule has 4 heteroatoms. The van der Waals surface area contributed by atoms with Crippen molar-refractivity contribution in [1.82, 2.24) is 4.98 Å². The third-order valence-corrected chi connectivity index (χ3v) is 4.14. The first kappa shape index (κ1) is 16.5. The molecule has 0 radical (unpaired) electrons. The van der Waals surface area contributed by atoms with Crippen molar-refractivity contribution < 1.29 is 4.74 Å². The molecule has 0 atom stereocenters. The quantitative estimate of drug-likeness (QED) is 0.747. The third kappa shape index (κ3) is 3.75. The summed E-state index contributed by atoms with van der Waals surface area (Å²) in [6.07, 6.45) is 2.68. The average Bonchev–Trinajstić information content (AvgIpc) is 2.62. The highest BCUT2D eigenvalue weighted by atomic mass is 35.5. The summed E-state index contributed by atoms with van der Waals surface area (Å²) in [5.41, 5.74) is 10.9. The van der Waals surface area contributed by atoms with Gasteiger partial charge in [-0.3, -0.25) is 4.98 Å². The number of benzene rings is 2. The molecule has 3 aromatic rings. The minimum Gasteiger partial charge on any atom is -0.496 e. The normalized spacial score (nSPS) is 10.6. The number of nitrogens with two attached hydrogens (primary N) is 1. The lowest BCUT2D eigenvalue weighted by Gasteiger charge is -2.12. The van der Waals surface area contributed by atoms with Gasteiger partial charge in [0, 0.05) is 23.3 Å². The molecule has 122 valence electrons. The van der Waals surface area contributed by atoms with Crippen LogP contribution in [0.2, 0.25) is 5.02 Å². The lowest BCUT2D eigenvalue weighted by Crippen LogP contribution is -2.00. The minimum atomic E-state index is 0.460. The van der Waals surface area contributed by atoms with E-state index in [1.54, 1.807) is 7.11 Å². The maximum absolute atomic E-state index is 6.13. The SMILES string of the molecule is COc1ccc(Cc2ccc(CN)nc2)cc1-c1cccc(Cl)c1. The van der Waals surface area contributed by atoms with Crippen LogP contribution in [-0.2, 0) is 13.0 Å². The van der Waals surface area contributed by atoms with Crippen molar-refractivity contribution in [3.63, 3.8) is 0 Å². The van der Waals surface area contributed by atoms with Crippen LogP contribution in [0.1, 0.15) is 16.8 Å². The van der Waals surface area contributed by atoms with Crippen molar-refractivity contribution in [3.05, 3.63) is 82.6 Å². The number of pyridine rings is 1. The maximum Gasteiger partial charge on any atom is 0.126 e. The van der Waals surface area contributed by atoms with Crippen molar-refractivity contribution in [2.75, 3.05) is 7.11 Å². The molecule has 0 saturated heterocycles. The molecule has 2 N–H and O–H groups in total. The molecule has 0 bridgehead atoms. The van der Waals surface area contributed by atoms with Gasteiger partial charge in [-0.2, -0.15) is 0 Å². The first-order valence-corrected chi connectivity index (χ1v) is 8.14. The summed E-state index contributed by atoms with van der Waals surface area (Å²) < 4.78 is 5.51. The Kier molecular flexibility index (Phi) is 5.14. The molecule has 0 aliphatic carbocycles. The zero-order valence-corrected chi connectivity index (χ0v) is 14.3. The molecule has 0 spiro atoms. The molecule has 0 aliphatic rings. The van der Waals surface area contributed by atoms with Gasteiger partial charge in [0.2, 0.25) is 0 Å². The molecule has 0 unspecified atom stereocenters. The second-order valence-electron chi connectivity index (χ2n) is 5.58. The Morgan fingerprint density at radius 2 is 1.88 bits per heavy atom. The summed E-state index contributed by atoms with van der Waals surface area (Å²) in [5, 5.41) is 0.710. The van der Waals surface area contributed by atoms with Gasteiger partial charge in [0.15, 0.2) is 0 Å². The van der Waals surface area contributed by atoms with E-state index in [0.29, 0.717) is 11.6 Å². The largest absolute Gasteiger partial charge is 0.496 e. The van der Waals surface area contributed by atoms with Crippen molar-refractivity contribution in [2.45, 2.75) is 13.0 Å². The Labute approximate surface area is 147 Å². The van der Waals surface area contributed by atoms with Crippen LogP contribution in [0.3, 0.4) is 0 Å². The summed E-state index contributed by atoms with van der Waals surface area (Å²) in [7, 11) is 1.68. The molecule has 0 amide bonds. The number of rotatable bonds is 5. The van der Waals surface area contributed by atoms with Gasteiger partial charge < -0.3 is 10.5 Å². The lowest BCUT2D eigenvalue weighted by molar-refractivity contribution is 0.416. The van der Waals surface area contributed by atoms with Gasteiger partial charge >= 0.3 is 0 Å². The number of hydrogen-bond donors (Lipinski definition) is 1. The van der Waals surface area contributed by atoms with Gasteiger partial charge in [-0.25, -0.2) is 0 Å². The number of aromatic nitrogens is 1. The zero-order valence-electron chi connectivity index (χ0n) is 13.5. The molecule has 0 fully saturated rings. The summed E-state index contributed by atoms with van der Waals surface area (Å²) >= 11 is 6.13. The van der Waals surface area contributed by atoms with E-state index in [1.807, 2.05) is 42.6 Å². The van der Waals surface area contributed by atoms with Crippen LogP contribution < -0.4 is 10.5 Å².